The van der Waals surface area contributed by atoms with Gasteiger partial charge in [0.1, 0.15) is 5.25 Å². The van der Waals surface area contributed by atoms with Gasteiger partial charge in [0, 0.05) is 5.69 Å². The van der Waals surface area contributed by atoms with E-state index in [1.165, 1.54) is 0 Å². The van der Waals surface area contributed by atoms with E-state index in [0.717, 1.165) is 5.56 Å². The lowest BCUT2D eigenvalue weighted by Gasteiger charge is -2.05. The summed E-state index contributed by atoms with van der Waals surface area (Å²) in [7, 11) is -3.22. The van der Waals surface area contributed by atoms with Gasteiger partial charge >= 0.3 is 0 Å². The Hall–Kier alpha value is -1.23. The molecular weight excluding hydrogens is 200 g/mol. The summed E-state index contributed by atoms with van der Waals surface area (Å²) in [5.41, 5.74) is 7.66. The monoisotopic (exact) mass is 212 g/mol. The summed E-state index contributed by atoms with van der Waals surface area (Å²) < 4.78 is 25.7. The van der Waals surface area contributed by atoms with Crippen LogP contribution in [0.3, 0.4) is 0 Å². The van der Waals surface area contributed by atoms with Crippen molar-refractivity contribution in [3.05, 3.63) is 23.8 Å². The Morgan fingerprint density at radius 1 is 1.50 bits per heavy atom. The van der Waals surface area contributed by atoms with Crippen molar-refractivity contribution in [3.8, 4) is 0 Å². The van der Waals surface area contributed by atoms with Crippen molar-refractivity contribution in [2.24, 2.45) is 0 Å². The number of sulfonamides is 1. The third kappa shape index (κ3) is 1.24. The van der Waals surface area contributed by atoms with Crippen molar-refractivity contribution in [2.45, 2.75) is 18.6 Å². The molecule has 0 saturated heterocycles. The number of hydrogen-bond donors (Lipinski definition) is 2. The number of anilines is 2. The van der Waals surface area contributed by atoms with Gasteiger partial charge in [-0.05, 0) is 30.2 Å². The van der Waals surface area contributed by atoms with E-state index < -0.39 is 15.3 Å². The average Bonchev–Trinajstić information content (AvgIpc) is 2.34. The summed E-state index contributed by atoms with van der Waals surface area (Å²) in [6, 6.07) is 5.12. The maximum absolute atomic E-state index is 11.6. The van der Waals surface area contributed by atoms with E-state index in [0.29, 0.717) is 17.8 Å². The van der Waals surface area contributed by atoms with Crippen molar-refractivity contribution < 1.29 is 8.42 Å². The van der Waals surface area contributed by atoms with E-state index in [-0.39, 0.29) is 0 Å². The third-order valence-corrected chi connectivity index (χ3v) is 4.26. The molecule has 4 nitrogen and oxygen atoms in total. The Labute approximate surface area is 83.2 Å². The number of nitrogens with one attached hydrogen (secondary N) is 1. The molecule has 0 bridgehead atoms. The fourth-order valence-corrected chi connectivity index (χ4v) is 3.37. The lowest BCUT2D eigenvalue weighted by molar-refractivity contribution is 0.588. The fraction of sp³-hybridized carbons (Fsp3) is 0.333. The molecule has 1 unspecified atom stereocenters. The van der Waals surface area contributed by atoms with Crippen molar-refractivity contribution in [2.75, 3.05) is 10.5 Å². The van der Waals surface area contributed by atoms with Crippen LogP contribution in [0.2, 0.25) is 0 Å². The van der Waals surface area contributed by atoms with Crippen LogP contribution in [-0.2, 0) is 10.0 Å². The molecule has 76 valence electrons. The van der Waals surface area contributed by atoms with Crippen LogP contribution in [0.15, 0.2) is 18.2 Å². The van der Waals surface area contributed by atoms with Gasteiger partial charge in [0.25, 0.3) is 0 Å². The molecular formula is C9H12N2O2S. The van der Waals surface area contributed by atoms with E-state index in [1.807, 2.05) is 6.92 Å². The van der Waals surface area contributed by atoms with Crippen LogP contribution in [-0.4, -0.2) is 8.42 Å². The Morgan fingerprint density at radius 2 is 2.21 bits per heavy atom. The Bertz CT molecular complexity index is 468. The zero-order valence-electron chi connectivity index (χ0n) is 7.82. The Morgan fingerprint density at radius 3 is 2.86 bits per heavy atom. The molecule has 14 heavy (non-hydrogen) atoms. The lowest BCUT2D eigenvalue weighted by atomic mass is 10.1. The molecule has 0 spiro atoms. The zero-order chi connectivity index (χ0) is 10.3. The number of fused-ring (bicyclic) bond motifs is 1. The molecule has 0 aliphatic carbocycles. The molecule has 0 amide bonds. The van der Waals surface area contributed by atoms with Crippen LogP contribution in [0.1, 0.15) is 24.2 Å². The van der Waals surface area contributed by atoms with Gasteiger partial charge < -0.3 is 5.73 Å². The minimum atomic E-state index is -3.22. The predicted octanol–water partition coefficient (Wildman–Crippen LogP) is 1.48. The number of hydrogen-bond acceptors (Lipinski definition) is 3. The summed E-state index contributed by atoms with van der Waals surface area (Å²) >= 11 is 0. The first kappa shape index (κ1) is 9.33. The van der Waals surface area contributed by atoms with Gasteiger partial charge in [-0.1, -0.05) is 6.92 Å². The minimum absolute atomic E-state index is 0.457. The van der Waals surface area contributed by atoms with Crippen molar-refractivity contribution in [3.63, 3.8) is 0 Å². The summed E-state index contributed by atoms with van der Waals surface area (Å²) in [5.74, 6) is 0. The Balaban J connectivity index is 2.60. The topological polar surface area (TPSA) is 72.2 Å². The molecule has 1 aromatic carbocycles. The summed E-state index contributed by atoms with van der Waals surface area (Å²) in [5, 5.41) is -0.457. The van der Waals surface area contributed by atoms with Crippen molar-refractivity contribution >= 4 is 21.4 Å². The van der Waals surface area contributed by atoms with Gasteiger partial charge in [0.05, 0.1) is 5.69 Å². The summed E-state index contributed by atoms with van der Waals surface area (Å²) in [4.78, 5) is 0. The highest BCUT2D eigenvalue weighted by Gasteiger charge is 2.34. The van der Waals surface area contributed by atoms with Crippen LogP contribution < -0.4 is 10.5 Å². The van der Waals surface area contributed by atoms with Crippen LogP contribution >= 0.6 is 0 Å². The number of benzene rings is 1. The first-order chi connectivity index (χ1) is 6.54. The van der Waals surface area contributed by atoms with Crippen LogP contribution in [0, 0.1) is 0 Å². The molecule has 0 radical (unpaired) electrons. The smallest absolute Gasteiger partial charge is 0.239 e. The second kappa shape index (κ2) is 2.88. The molecule has 3 N–H and O–H groups in total. The van der Waals surface area contributed by atoms with Crippen LogP contribution in [0.5, 0.6) is 0 Å². The first-order valence-electron chi connectivity index (χ1n) is 4.45. The first-order valence-corrected chi connectivity index (χ1v) is 6.00. The molecule has 1 atom stereocenters. The molecule has 1 aliphatic heterocycles. The summed E-state index contributed by atoms with van der Waals surface area (Å²) in [6.45, 7) is 1.85. The molecule has 0 saturated carbocycles. The quantitative estimate of drug-likeness (QED) is 0.692. The minimum Gasteiger partial charge on any atom is -0.399 e. The molecule has 0 fully saturated rings. The maximum Gasteiger partial charge on any atom is 0.239 e. The van der Waals surface area contributed by atoms with Crippen LogP contribution in [0.25, 0.3) is 0 Å². The summed E-state index contributed by atoms with van der Waals surface area (Å²) in [6.07, 6.45) is 0.561. The number of nitrogen functional groups attached to an aromatic ring is 1. The number of nitrogens with two attached hydrogens (primary N) is 1. The maximum atomic E-state index is 11.6. The van der Waals surface area contributed by atoms with Gasteiger partial charge in [-0.2, -0.15) is 0 Å². The SMILES string of the molecule is CCC1c2cc(N)ccc2NS1(=O)=O. The van der Waals surface area contributed by atoms with Gasteiger partial charge in [-0.15, -0.1) is 0 Å². The van der Waals surface area contributed by atoms with E-state index in [2.05, 4.69) is 4.72 Å². The largest absolute Gasteiger partial charge is 0.399 e. The predicted molar refractivity (Wildman–Crippen MR) is 56.4 cm³/mol. The Kier molecular flexibility index (Phi) is 1.92. The lowest BCUT2D eigenvalue weighted by Crippen LogP contribution is -2.11. The fourth-order valence-electron chi connectivity index (χ4n) is 1.77. The van der Waals surface area contributed by atoms with Gasteiger partial charge in [-0.3, -0.25) is 4.72 Å². The van der Waals surface area contributed by atoms with Gasteiger partial charge in [0.15, 0.2) is 0 Å². The standard InChI is InChI=1S/C9H12N2O2S/c1-2-9-7-5-6(10)3-4-8(7)11-14(9,12)13/h3-5,9,11H,2,10H2,1H3. The highest BCUT2D eigenvalue weighted by molar-refractivity contribution is 7.93. The van der Waals surface area contributed by atoms with Gasteiger partial charge in [-0.25, -0.2) is 8.42 Å². The zero-order valence-corrected chi connectivity index (χ0v) is 8.64. The molecule has 1 heterocycles. The number of rotatable bonds is 1. The molecule has 5 heteroatoms. The second-order valence-electron chi connectivity index (χ2n) is 3.39. The van der Waals surface area contributed by atoms with Crippen molar-refractivity contribution in [1.29, 1.82) is 0 Å². The van der Waals surface area contributed by atoms with E-state index >= 15 is 0 Å². The highest BCUT2D eigenvalue weighted by Crippen LogP contribution is 2.40. The van der Waals surface area contributed by atoms with Crippen LogP contribution in [0.4, 0.5) is 11.4 Å². The van der Waals surface area contributed by atoms with E-state index in [4.69, 9.17) is 5.73 Å². The van der Waals surface area contributed by atoms with E-state index in [9.17, 15) is 8.42 Å². The molecule has 2 rings (SSSR count). The highest BCUT2D eigenvalue weighted by atomic mass is 32.2. The van der Waals surface area contributed by atoms with Gasteiger partial charge in [0.2, 0.25) is 10.0 Å². The average molecular weight is 212 g/mol. The van der Waals surface area contributed by atoms with E-state index in [1.54, 1.807) is 18.2 Å². The third-order valence-electron chi connectivity index (χ3n) is 2.42. The van der Waals surface area contributed by atoms with Crippen molar-refractivity contribution in [1.82, 2.24) is 0 Å². The normalized spacial score (nSPS) is 22.8. The molecule has 0 aromatic heterocycles. The molecule has 1 aliphatic rings. The second-order valence-corrected chi connectivity index (χ2v) is 5.25. The molecule has 1 aromatic rings.